The highest BCUT2D eigenvalue weighted by Gasteiger charge is 2.26. The van der Waals surface area contributed by atoms with Gasteiger partial charge < -0.3 is 14.2 Å². The summed E-state index contributed by atoms with van der Waals surface area (Å²) in [5.74, 6) is 4.01. The van der Waals surface area contributed by atoms with Crippen LogP contribution in [0.2, 0.25) is 5.02 Å². The minimum atomic E-state index is 0.233. The molecular formula is C30H28ClNO3S2. The zero-order valence-electron chi connectivity index (χ0n) is 21.0. The first kappa shape index (κ1) is 25.8. The molecule has 5 rings (SSSR count). The van der Waals surface area contributed by atoms with Gasteiger partial charge in [0.2, 0.25) is 5.75 Å². The number of hydrogen-bond acceptors (Lipinski definition) is 6. The summed E-state index contributed by atoms with van der Waals surface area (Å²) in [4.78, 5) is 5.33. The summed E-state index contributed by atoms with van der Waals surface area (Å²) >= 11 is 10.2. The molecule has 190 valence electrons. The van der Waals surface area contributed by atoms with Gasteiger partial charge in [-0.1, -0.05) is 54.1 Å². The number of hydrogen-bond donors (Lipinski definition) is 0. The number of ether oxygens (including phenoxy) is 3. The molecule has 1 fully saturated rings. The molecule has 1 aromatic heterocycles. The van der Waals surface area contributed by atoms with Gasteiger partial charge >= 0.3 is 0 Å². The molecule has 0 spiro atoms. The summed E-state index contributed by atoms with van der Waals surface area (Å²) in [5.41, 5.74) is 7.35. The number of halogens is 1. The first-order valence-electron chi connectivity index (χ1n) is 12.0. The van der Waals surface area contributed by atoms with Crippen molar-refractivity contribution in [2.75, 3.05) is 32.8 Å². The maximum Gasteiger partial charge on any atom is 0.203 e. The molecule has 4 aromatic rings. The van der Waals surface area contributed by atoms with E-state index >= 15 is 0 Å². The van der Waals surface area contributed by atoms with E-state index in [2.05, 4.69) is 42.5 Å². The van der Waals surface area contributed by atoms with Crippen molar-refractivity contribution in [2.24, 2.45) is 0 Å². The van der Waals surface area contributed by atoms with Crippen molar-refractivity contribution in [2.45, 2.75) is 11.0 Å². The third-order valence-electron chi connectivity index (χ3n) is 6.28. The van der Waals surface area contributed by atoms with E-state index in [0.29, 0.717) is 22.3 Å². The van der Waals surface area contributed by atoms with Crippen molar-refractivity contribution >= 4 is 35.1 Å². The molecule has 0 N–H and O–H groups in total. The summed E-state index contributed by atoms with van der Waals surface area (Å²) in [7, 11) is 4.88. The molecule has 3 aromatic carbocycles. The Balaban J connectivity index is 1.81. The zero-order chi connectivity index (χ0) is 25.8. The molecular weight excluding hydrogens is 522 g/mol. The van der Waals surface area contributed by atoms with Crippen molar-refractivity contribution in [3.8, 4) is 50.8 Å². The second-order valence-electron chi connectivity index (χ2n) is 8.53. The minimum Gasteiger partial charge on any atom is -0.493 e. The molecule has 4 nitrogen and oxygen atoms in total. The third kappa shape index (κ3) is 5.42. The van der Waals surface area contributed by atoms with Crippen LogP contribution in [0.5, 0.6) is 17.2 Å². The Labute approximate surface area is 231 Å². The second kappa shape index (κ2) is 11.7. The van der Waals surface area contributed by atoms with Gasteiger partial charge in [0.25, 0.3) is 0 Å². The highest BCUT2D eigenvalue weighted by atomic mass is 35.5. The fourth-order valence-corrected chi connectivity index (χ4v) is 7.50. The van der Waals surface area contributed by atoms with Gasteiger partial charge in [-0.3, -0.25) is 4.98 Å². The van der Waals surface area contributed by atoms with E-state index < -0.39 is 0 Å². The topological polar surface area (TPSA) is 40.6 Å². The fourth-order valence-electron chi connectivity index (χ4n) is 4.52. The molecule has 1 aliphatic heterocycles. The van der Waals surface area contributed by atoms with E-state index in [1.807, 2.05) is 53.9 Å². The van der Waals surface area contributed by atoms with E-state index in [9.17, 15) is 0 Å². The molecule has 37 heavy (non-hydrogen) atoms. The zero-order valence-corrected chi connectivity index (χ0v) is 23.4. The Morgan fingerprint density at radius 1 is 0.757 bits per heavy atom. The largest absolute Gasteiger partial charge is 0.493 e. The van der Waals surface area contributed by atoms with Crippen molar-refractivity contribution < 1.29 is 14.2 Å². The molecule has 0 unspecified atom stereocenters. The SMILES string of the molecule is COc1cc(-c2cc(-c3ccc(Cl)cc3)c(-c3ccccc3)c(C3SCCCS3)n2)cc(OC)c1OC. The lowest BCUT2D eigenvalue weighted by Gasteiger charge is -2.26. The molecule has 2 heterocycles. The van der Waals surface area contributed by atoms with Crippen LogP contribution in [0, 0.1) is 0 Å². The molecule has 0 bridgehead atoms. The quantitative estimate of drug-likeness (QED) is 0.230. The first-order valence-corrected chi connectivity index (χ1v) is 14.5. The number of methoxy groups -OCH3 is 3. The van der Waals surface area contributed by atoms with E-state index in [1.165, 1.54) is 6.42 Å². The van der Waals surface area contributed by atoms with Gasteiger partial charge in [-0.15, -0.1) is 23.5 Å². The van der Waals surface area contributed by atoms with Gasteiger partial charge in [0.05, 0.1) is 37.3 Å². The predicted octanol–water partition coefficient (Wildman–Crippen LogP) is 8.63. The Hall–Kier alpha value is -2.80. The lowest BCUT2D eigenvalue weighted by molar-refractivity contribution is 0.324. The van der Waals surface area contributed by atoms with Crippen molar-refractivity contribution in [1.29, 1.82) is 0 Å². The highest BCUT2D eigenvalue weighted by molar-refractivity contribution is 8.16. The van der Waals surface area contributed by atoms with Crippen LogP contribution < -0.4 is 14.2 Å². The van der Waals surface area contributed by atoms with Crippen molar-refractivity contribution in [1.82, 2.24) is 4.98 Å². The van der Waals surface area contributed by atoms with Gasteiger partial charge in [0.1, 0.15) is 0 Å². The molecule has 0 amide bonds. The average Bonchev–Trinajstić information content (AvgIpc) is 2.97. The molecule has 0 aliphatic carbocycles. The molecule has 7 heteroatoms. The van der Waals surface area contributed by atoms with Gasteiger partial charge in [0, 0.05) is 16.1 Å². The van der Waals surface area contributed by atoms with E-state index in [0.717, 1.165) is 50.7 Å². The fraction of sp³-hybridized carbons (Fsp3) is 0.233. The lowest BCUT2D eigenvalue weighted by atomic mass is 9.92. The number of aromatic nitrogens is 1. The van der Waals surface area contributed by atoms with Crippen LogP contribution in [0.4, 0.5) is 0 Å². The number of benzene rings is 3. The Morgan fingerprint density at radius 3 is 2.00 bits per heavy atom. The summed E-state index contributed by atoms with van der Waals surface area (Å²) < 4.78 is 17.1. The van der Waals surface area contributed by atoms with Crippen LogP contribution in [0.1, 0.15) is 16.7 Å². The number of thioether (sulfide) groups is 2. The van der Waals surface area contributed by atoms with Crippen LogP contribution in [-0.4, -0.2) is 37.8 Å². The normalized spacial score (nSPS) is 13.8. The van der Waals surface area contributed by atoms with Crippen LogP contribution in [0.25, 0.3) is 33.5 Å². The monoisotopic (exact) mass is 549 g/mol. The van der Waals surface area contributed by atoms with Crippen molar-refractivity contribution in [3.63, 3.8) is 0 Å². The first-order chi connectivity index (χ1) is 18.1. The highest BCUT2D eigenvalue weighted by Crippen LogP contribution is 2.50. The standard InChI is InChI=1S/C30H28ClNO3S2/c1-33-25-16-21(17-26(34-2)29(25)35-3)24-18-23(19-10-12-22(31)13-11-19)27(20-8-5-4-6-9-20)28(32-24)30-36-14-7-15-37-30/h4-6,8-13,16-18,30H,7,14-15H2,1-3H3. The predicted molar refractivity (Wildman–Crippen MR) is 157 cm³/mol. The van der Waals surface area contributed by atoms with Crippen molar-refractivity contribution in [3.05, 3.63) is 83.5 Å². The van der Waals surface area contributed by atoms with Crippen LogP contribution in [-0.2, 0) is 0 Å². The molecule has 0 saturated carbocycles. The Morgan fingerprint density at radius 2 is 1.41 bits per heavy atom. The average molecular weight is 550 g/mol. The van der Waals surface area contributed by atoms with Gasteiger partial charge in [-0.05, 0) is 64.9 Å². The van der Waals surface area contributed by atoms with Crippen LogP contribution >= 0.6 is 35.1 Å². The van der Waals surface area contributed by atoms with Gasteiger partial charge in [0.15, 0.2) is 11.5 Å². The van der Waals surface area contributed by atoms with E-state index in [-0.39, 0.29) is 4.58 Å². The summed E-state index contributed by atoms with van der Waals surface area (Å²) in [6.45, 7) is 0. The van der Waals surface area contributed by atoms with Gasteiger partial charge in [-0.2, -0.15) is 0 Å². The minimum absolute atomic E-state index is 0.233. The second-order valence-corrected chi connectivity index (χ2v) is 11.7. The van der Waals surface area contributed by atoms with Gasteiger partial charge in [-0.25, -0.2) is 0 Å². The molecule has 1 aliphatic rings. The number of pyridine rings is 1. The summed E-state index contributed by atoms with van der Waals surface area (Å²) in [5, 5.41) is 0.711. The number of nitrogens with zero attached hydrogens (tertiary/aromatic N) is 1. The van der Waals surface area contributed by atoms with Crippen LogP contribution in [0.3, 0.4) is 0 Å². The summed E-state index contributed by atoms with van der Waals surface area (Å²) in [6, 6.07) is 24.7. The number of rotatable bonds is 7. The maximum absolute atomic E-state index is 6.27. The maximum atomic E-state index is 6.27. The third-order valence-corrected chi connectivity index (χ3v) is 9.45. The van der Waals surface area contributed by atoms with E-state index in [1.54, 1.807) is 21.3 Å². The summed E-state index contributed by atoms with van der Waals surface area (Å²) in [6.07, 6.45) is 1.21. The molecule has 0 atom stereocenters. The Bertz CT molecular complexity index is 1350. The Kier molecular flexibility index (Phi) is 8.18. The van der Waals surface area contributed by atoms with Crippen LogP contribution in [0.15, 0.2) is 72.8 Å². The molecule has 1 saturated heterocycles. The smallest absolute Gasteiger partial charge is 0.203 e. The lowest BCUT2D eigenvalue weighted by Crippen LogP contribution is -2.07. The van der Waals surface area contributed by atoms with E-state index in [4.69, 9.17) is 30.8 Å². The molecule has 0 radical (unpaired) electrons.